The van der Waals surface area contributed by atoms with Crippen LogP contribution in [0.3, 0.4) is 0 Å². The van der Waals surface area contributed by atoms with Crippen molar-refractivity contribution in [2.45, 2.75) is 4.34 Å². The Morgan fingerprint density at radius 2 is 2.04 bits per heavy atom. The predicted molar refractivity (Wildman–Crippen MR) is 110 cm³/mol. The van der Waals surface area contributed by atoms with E-state index in [0.29, 0.717) is 14.5 Å². The molecular formula is C16H13Cl2N5O2S2. The molecule has 7 nitrogen and oxygen atoms in total. The fraction of sp³-hybridized carbons (Fsp3) is 0.125. The fourth-order valence-corrected chi connectivity index (χ4v) is 3.92. The third kappa shape index (κ3) is 5.70. The first-order valence-electron chi connectivity index (χ1n) is 7.52. The maximum atomic E-state index is 12.0. The number of carbonyl (C=O) groups excluding carboxylic acids is 1. The maximum absolute atomic E-state index is 12.0. The maximum Gasteiger partial charge on any atom is 0.236 e. The van der Waals surface area contributed by atoms with Crippen molar-refractivity contribution in [2.75, 3.05) is 23.5 Å². The Labute approximate surface area is 173 Å². The van der Waals surface area contributed by atoms with Gasteiger partial charge < -0.3 is 15.4 Å². The molecule has 0 saturated heterocycles. The molecular weight excluding hydrogens is 429 g/mol. The lowest BCUT2D eigenvalue weighted by Gasteiger charge is -2.05. The van der Waals surface area contributed by atoms with Crippen molar-refractivity contribution in [3.05, 3.63) is 46.6 Å². The number of hydrogen-bond acceptors (Lipinski definition) is 8. The molecule has 2 aromatic heterocycles. The molecule has 0 saturated carbocycles. The lowest BCUT2D eigenvalue weighted by molar-refractivity contribution is -0.113. The van der Waals surface area contributed by atoms with E-state index in [1.165, 1.54) is 35.4 Å². The quantitative estimate of drug-likeness (QED) is 0.512. The molecule has 2 heterocycles. The van der Waals surface area contributed by atoms with Gasteiger partial charge in [0.1, 0.15) is 5.75 Å². The van der Waals surface area contributed by atoms with Crippen LogP contribution in [0, 0.1) is 0 Å². The molecule has 0 unspecified atom stereocenters. The van der Waals surface area contributed by atoms with Crippen LogP contribution in [-0.2, 0) is 4.79 Å². The van der Waals surface area contributed by atoms with Gasteiger partial charge in [-0.15, -0.1) is 10.2 Å². The minimum Gasteiger partial charge on any atom is -0.497 e. The summed E-state index contributed by atoms with van der Waals surface area (Å²) >= 11 is 14.4. The lowest BCUT2D eigenvalue weighted by Crippen LogP contribution is -2.15. The summed E-state index contributed by atoms with van der Waals surface area (Å²) in [6, 6.07) is 8.96. The SMILES string of the molecule is COc1ccc(Nc2nnc(SCC(=O)Nc3ncc(Cl)cc3Cl)s2)cc1. The third-order valence-electron chi connectivity index (χ3n) is 3.14. The van der Waals surface area contributed by atoms with Crippen LogP contribution in [0.5, 0.6) is 5.75 Å². The number of nitrogens with one attached hydrogen (secondary N) is 2. The van der Waals surface area contributed by atoms with Gasteiger partial charge in [-0.1, -0.05) is 46.3 Å². The largest absolute Gasteiger partial charge is 0.497 e. The van der Waals surface area contributed by atoms with E-state index >= 15 is 0 Å². The van der Waals surface area contributed by atoms with Gasteiger partial charge in [0.25, 0.3) is 0 Å². The van der Waals surface area contributed by atoms with E-state index in [4.69, 9.17) is 27.9 Å². The molecule has 0 fully saturated rings. The van der Waals surface area contributed by atoms with Gasteiger partial charge in [-0.05, 0) is 30.3 Å². The van der Waals surface area contributed by atoms with E-state index in [9.17, 15) is 4.79 Å². The highest BCUT2D eigenvalue weighted by atomic mass is 35.5. The first-order chi connectivity index (χ1) is 13.0. The van der Waals surface area contributed by atoms with Crippen LogP contribution < -0.4 is 15.4 Å². The average molecular weight is 442 g/mol. The first kappa shape index (κ1) is 19.7. The summed E-state index contributed by atoms with van der Waals surface area (Å²) in [4.78, 5) is 16.0. The second-order valence-corrected chi connectivity index (χ2v) is 8.09. The van der Waals surface area contributed by atoms with Gasteiger partial charge in [0.2, 0.25) is 11.0 Å². The number of anilines is 3. The Morgan fingerprint density at radius 1 is 1.26 bits per heavy atom. The zero-order valence-electron chi connectivity index (χ0n) is 13.9. The molecule has 0 aliphatic heterocycles. The van der Waals surface area contributed by atoms with Crippen molar-refractivity contribution in [3.8, 4) is 5.75 Å². The van der Waals surface area contributed by atoms with Crippen LogP contribution in [0.25, 0.3) is 0 Å². The summed E-state index contributed by atoms with van der Waals surface area (Å²) in [5, 5.41) is 15.2. The number of amides is 1. The van der Waals surface area contributed by atoms with E-state index in [2.05, 4.69) is 25.8 Å². The number of ether oxygens (including phenoxy) is 1. The van der Waals surface area contributed by atoms with Crippen molar-refractivity contribution in [2.24, 2.45) is 0 Å². The summed E-state index contributed by atoms with van der Waals surface area (Å²) in [7, 11) is 1.61. The highest BCUT2D eigenvalue weighted by Gasteiger charge is 2.11. The van der Waals surface area contributed by atoms with Crippen LogP contribution in [0.1, 0.15) is 0 Å². The van der Waals surface area contributed by atoms with Crippen molar-refractivity contribution in [1.29, 1.82) is 0 Å². The minimum atomic E-state index is -0.253. The molecule has 0 atom stereocenters. The molecule has 0 aliphatic carbocycles. The van der Waals surface area contributed by atoms with E-state index in [1.54, 1.807) is 7.11 Å². The first-order valence-corrected chi connectivity index (χ1v) is 10.1. The predicted octanol–water partition coefficient (Wildman–Crippen LogP) is 4.72. The smallest absolute Gasteiger partial charge is 0.236 e. The van der Waals surface area contributed by atoms with Crippen molar-refractivity contribution >= 4 is 68.8 Å². The summed E-state index contributed by atoms with van der Waals surface area (Å²) in [5.74, 6) is 0.940. The van der Waals surface area contributed by atoms with Crippen molar-refractivity contribution in [3.63, 3.8) is 0 Å². The van der Waals surface area contributed by atoms with Crippen LogP contribution >= 0.6 is 46.3 Å². The Hall–Kier alpha value is -2.07. The summed E-state index contributed by atoms with van der Waals surface area (Å²) in [6.45, 7) is 0. The molecule has 140 valence electrons. The number of rotatable bonds is 7. The van der Waals surface area contributed by atoms with Crippen LogP contribution in [-0.4, -0.2) is 34.0 Å². The standard InChI is InChI=1S/C16H13Cl2N5O2S2/c1-25-11-4-2-10(3-5-11)20-15-22-23-16(27-15)26-8-13(24)21-14-12(18)6-9(17)7-19-14/h2-7H,8H2,1H3,(H,20,22)(H,19,21,24). The monoisotopic (exact) mass is 441 g/mol. The molecule has 1 amide bonds. The van der Waals surface area contributed by atoms with Gasteiger partial charge in [-0.25, -0.2) is 4.98 Å². The van der Waals surface area contributed by atoms with E-state index in [1.807, 2.05) is 24.3 Å². The minimum absolute atomic E-state index is 0.151. The summed E-state index contributed by atoms with van der Waals surface area (Å²) in [5.41, 5.74) is 0.865. The highest BCUT2D eigenvalue weighted by molar-refractivity contribution is 8.01. The Bertz CT molecular complexity index is 937. The molecule has 3 rings (SSSR count). The van der Waals surface area contributed by atoms with Gasteiger partial charge in [-0.3, -0.25) is 4.79 Å². The average Bonchev–Trinajstić information content (AvgIpc) is 3.10. The second-order valence-electron chi connectivity index (χ2n) is 5.05. The molecule has 0 radical (unpaired) electrons. The number of aromatic nitrogens is 3. The summed E-state index contributed by atoms with van der Waals surface area (Å²) in [6.07, 6.45) is 1.41. The molecule has 2 N–H and O–H groups in total. The number of hydrogen-bond donors (Lipinski definition) is 2. The molecule has 1 aromatic carbocycles. The third-order valence-corrected chi connectivity index (χ3v) is 5.61. The van der Waals surface area contributed by atoms with Gasteiger partial charge in [0.05, 0.1) is 22.9 Å². The second kappa shape index (κ2) is 9.23. The van der Waals surface area contributed by atoms with Crippen LogP contribution in [0.4, 0.5) is 16.6 Å². The van der Waals surface area contributed by atoms with E-state index in [0.717, 1.165) is 11.4 Å². The van der Waals surface area contributed by atoms with Gasteiger partial charge in [-0.2, -0.15) is 0 Å². The number of halogens is 2. The van der Waals surface area contributed by atoms with Crippen LogP contribution in [0.2, 0.25) is 10.0 Å². The topological polar surface area (TPSA) is 89.0 Å². The van der Waals surface area contributed by atoms with Gasteiger partial charge in [0.15, 0.2) is 10.2 Å². The molecule has 27 heavy (non-hydrogen) atoms. The number of thioether (sulfide) groups is 1. The zero-order chi connectivity index (χ0) is 19.2. The van der Waals surface area contributed by atoms with E-state index in [-0.39, 0.29) is 22.5 Å². The normalized spacial score (nSPS) is 10.5. The zero-order valence-corrected chi connectivity index (χ0v) is 17.0. The Morgan fingerprint density at radius 3 is 2.74 bits per heavy atom. The number of carbonyl (C=O) groups is 1. The Balaban J connectivity index is 1.52. The number of nitrogens with zero attached hydrogens (tertiary/aromatic N) is 3. The van der Waals surface area contributed by atoms with E-state index < -0.39 is 0 Å². The molecule has 0 spiro atoms. The summed E-state index contributed by atoms with van der Waals surface area (Å²) < 4.78 is 5.78. The van der Waals surface area contributed by atoms with Gasteiger partial charge >= 0.3 is 0 Å². The van der Waals surface area contributed by atoms with Crippen LogP contribution in [0.15, 0.2) is 40.9 Å². The molecule has 0 aliphatic rings. The van der Waals surface area contributed by atoms with Crippen molar-refractivity contribution < 1.29 is 9.53 Å². The number of pyridine rings is 1. The molecule has 0 bridgehead atoms. The number of methoxy groups -OCH3 is 1. The molecule has 11 heteroatoms. The lowest BCUT2D eigenvalue weighted by atomic mass is 10.3. The molecule has 3 aromatic rings. The Kier molecular flexibility index (Phi) is 6.73. The van der Waals surface area contributed by atoms with Gasteiger partial charge in [0, 0.05) is 11.9 Å². The number of benzene rings is 1. The fourth-order valence-electron chi connectivity index (χ4n) is 1.92. The van der Waals surface area contributed by atoms with Crippen molar-refractivity contribution in [1.82, 2.24) is 15.2 Å². The highest BCUT2D eigenvalue weighted by Crippen LogP contribution is 2.29.